The van der Waals surface area contributed by atoms with Crippen LogP contribution in [0.15, 0.2) is 0 Å². The Kier molecular flexibility index (Phi) is 10.1. The largest absolute Gasteiger partial charge is 0.480 e. The number of rotatable bonds is 7. The van der Waals surface area contributed by atoms with Crippen molar-refractivity contribution in [3.63, 3.8) is 0 Å². The Balaban J connectivity index is 0.000000861. The summed E-state index contributed by atoms with van der Waals surface area (Å²) >= 11 is 0. The first-order valence-corrected chi connectivity index (χ1v) is 11.1. The summed E-state index contributed by atoms with van der Waals surface area (Å²) in [5.74, 6) is -1.70. The standard InChI is InChI=1S/C16H28N6O4.H2O4S/c17-10(4-1-7-20-16(18)19)13(23)21-8-2-5-11(21)14(24)22-9-3-6-12(22)15(25)26;1-5(2,3)4/h10-12H,1-9,17H2,(H,25,26)(H4,18,19,20);(H2,1,2,3,4)/t10-,11-,12-;/m0./s1. The number of nitrogens with two attached hydrogens (primary N) is 2. The summed E-state index contributed by atoms with van der Waals surface area (Å²) < 4.78 is 31.6. The molecule has 2 saturated heterocycles. The lowest BCUT2D eigenvalue weighted by Gasteiger charge is -2.31. The van der Waals surface area contributed by atoms with E-state index in [9.17, 15) is 19.5 Å². The van der Waals surface area contributed by atoms with E-state index in [-0.39, 0.29) is 17.8 Å². The fraction of sp³-hybridized carbons (Fsp3) is 0.750. The molecule has 0 aromatic carbocycles. The topological polar surface area (TPSA) is 240 Å². The lowest BCUT2D eigenvalue weighted by Crippen LogP contribution is -2.54. The highest BCUT2D eigenvalue weighted by molar-refractivity contribution is 7.79. The molecule has 14 nitrogen and oxygen atoms in total. The summed E-state index contributed by atoms with van der Waals surface area (Å²) in [5, 5.41) is 19.0. The zero-order valence-electron chi connectivity index (χ0n) is 16.9. The van der Waals surface area contributed by atoms with Gasteiger partial charge in [0, 0.05) is 19.6 Å². The molecule has 9 N–H and O–H groups in total. The summed E-state index contributed by atoms with van der Waals surface area (Å²) in [6.07, 6.45) is 3.33. The maximum absolute atomic E-state index is 12.8. The van der Waals surface area contributed by atoms with Crippen molar-refractivity contribution in [2.45, 2.75) is 56.7 Å². The molecule has 2 aliphatic rings. The summed E-state index contributed by atoms with van der Waals surface area (Å²) in [6.45, 7) is 1.32. The van der Waals surface area contributed by atoms with Gasteiger partial charge >= 0.3 is 16.4 Å². The van der Waals surface area contributed by atoms with Gasteiger partial charge in [-0.1, -0.05) is 0 Å². The molecule has 0 aromatic heterocycles. The first kappa shape index (κ1) is 26.5. The summed E-state index contributed by atoms with van der Waals surface area (Å²) in [4.78, 5) is 39.7. The molecular formula is C16H30N6O8S. The number of nitrogens with zero attached hydrogens (tertiary/aromatic N) is 2. The maximum Gasteiger partial charge on any atom is 0.394 e. The highest BCUT2D eigenvalue weighted by Gasteiger charge is 2.42. The minimum atomic E-state index is -4.67. The van der Waals surface area contributed by atoms with Crippen molar-refractivity contribution >= 4 is 34.1 Å². The monoisotopic (exact) mass is 466 g/mol. The Labute approximate surface area is 180 Å². The van der Waals surface area contributed by atoms with Gasteiger partial charge in [0.25, 0.3) is 0 Å². The van der Waals surface area contributed by atoms with Crippen molar-refractivity contribution in [1.82, 2.24) is 15.1 Å². The zero-order valence-corrected chi connectivity index (χ0v) is 17.8. The maximum atomic E-state index is 12.8. The molecule has 0 spiro atoms. The van der Waals surface area contributed by atoms with E-state index >= 15 is 0 Å². The second kappa shape index (κ2) is 11.8. The average Bonchev–Trinajstić information content (AvgIpc) is 3.31. The quantitative estimate of drug-likeness (QED) is 0.0935. The third-order valence-electron chi connectivity index (χ3n) is 4.97. The third kappa shape index (κ3) is 9.04. The second-order valence-electron chi connectivity index (χ2n) is 7.25. The number of amides is 2. The van der Waals surface area contributed by atoms with Crippen molar-refractivity contribution in [2.75, 3.05) is 19.6 Å². The summed E-state index contributed by atoms with van der Waals surface area (Å²) in [5.41, 5.74) is 11.2. The molecule has 2 fully saturated rings. The number of aliphatic carboxylic acids is 1. The molecule has 0 aromatic rings. The van der Waals surface area contributed by atoms with Crippen LogP contribution in [0.1, 0.15) is 38.5 Å². The Bertz CT molecular complexity index is 768. The third-order valence-corrected chi connectivity index (χ3v) is 4.97. The number of guanidine groups is 1. The number of carboxylic acid groups (broad SMARTS) is 1. The van der Waals surface area contributed by atoms with Crippen molar-refractivity contribution in [3.05, 3.63) is 0 Å². The molecule has 0 radical (unpaired) electrons. The normalized spacial score (nSPS) is 21.8. The molecule has 2 heterocycles. The van der Waals surface area contributed by atoms with E-state index in [1.165, 1.54) is 9.80 Å². The van der Waals surface area contributed by atoms with Gasteiger partial charge in [0.05, 0.1) is 6.04 Å². The van der Waals surface area contributed by atoms with Crippen LogP contribution in [-0.4, -0.2) is 93.9 Å². The van der Waals surface area contributed by atoms with E-state index in [0.29, 0.717) is 58.2 Å². The first-order valence-electron chi connectivity index (χ1n) is 9.70. The van der Waals surface area contributed by atoms with Crippen LogP contribution >= 0.6 is 0 Å². The van der Waals surface area contributed by atoms with Crippen LogP contribution in [0.4, 0.5) is 0 Å². The molecule has 3 atom stereocenters. The molecular weight excluding hydrogens is 436 g/mol. The smallest absolute Gasteiger partial charge is 0.394 e. The first-order chi connectivity index (χ1) is 14.3. The van der Waals surface area contributed by atoms with Gasteiger partial charge in [0.2, 0.25) is 11.8 Å². The van der Waals surface area contributed by atoms with Gasteiger partial charge in [0.15, 0.2) is 5.96 Å². The predicted octanol–water partition coefficient (Wildman–Crippen LogP) is -2.01. The highest BCUT2D eigenvalue weighted by Crippen LogP contribution is 2.25. The van der Waals surface area contributed by atoms with E-state index in [1.54, 1.807) is 0 Å². The van der Waals surface area contributed by atoms with E-state index in [1.807, 2.05) is 0 Å². The van der Waals surface area contributed by atoms with Gasteiger partial charge in [-0.05, 0) is 38.5 Å². The number of hydrogen-bond donors (Lipinski definition) is 7. The summed E-state index contributed by atoms with van der Waals surface area (Å²) in [6, 6.07) is -2.15. The SMILES string of the molecule is N=C(N)NCCC[C@H](N)C(=O)N1CCC[C@H]1C(=O)N1CCC[C@H]1C(=O)O.O=S(=O)(O)O. The van der Waals surface area contributed by atoms with Crippen LogP contribution in [0.25, 0.3) is 0 Å². The Morgan fingerprint density at radius 2 is 1.61 bits per heavy atom. The fourth-order valence-electron chi connectivity index (χ4n) is 3.65. The van der Waals surface area contributed by atoms with Crippen LogP contribution in [0.3, 0.4) is 0 Å². The lowest BCUT2D eigenvalue weighted by atomic mass is 10.1. The van der Waals surface area contributed by atoms with Crippen molar-refractivity contribution in [3.8, 4) is 0 Å². The van der Waals surface area contributed by atoms with Crippen LogP contribution in [0.2, 0.25) is 0 Å². The second-order valence-corrected chi connectivity index (χ2v) is 8.15. The molecule has 2 aliphatic heterocycles. The highest BCUT2D eigenvalue weighted by atomic mass is 32.3. The molecule has 178 valence electrons. The van der Waals surface area contributed by atoms with Crippen LogP contribution in [0.5, 0.6) is 0 Å². The Morgan fingerprint density at radius 1 is 1.10 bits per heavy atom. The molecule has 0 saturated carbocycles. The van der Waals surface area contributed by atoms with Crippen molar-refractivity contribution in [2.24, 2.45) is 11.5 Å². The van der Waals surface area contributed by atoms with Gasteiger partial charge in [-0.15, -0.1) is 0 Å². The number of likely N-dealkylation sites (tertiary alicyclic amines) is 2. The van der Waals surface area contributed by atoms with E-state index in [0.717, 1.165) is 0 Å². The Morgan fingerprint density at radius 3 is 2.13 bits per heavy atom. The number of carboxylic acids is 1. The van der Waals surface area contributed by atoms with E-state index in [2.05, 4.69) is 5.32 Å². The van der Waals surface area contributed by atoms with Gasteiger partial charge in [0.1, 0.15) is 12.1 Å². The molecule has 2 amide bonds. The van der Waals surface area contributed by atoms with Crippen LogP contribution in [0, 0.1) is 5.41 Å². The van der Waals surface area contributed by atoms with Crippen molar-refractivity contribution < 1.29 is 37.0 Å². The van der Waals surface area contributed by atoms with Gasteiger partial charge in [-0.2, -0.15) is 8.42 Å². The minimum Gasteiger partial charge on any atom is -0.480 e. The fourth-order valence-corrected chi connectivity index (χ4v) is 3.65. The molecule has 0 bridgehead atoms. The molecule has 31 heavy (non-hydrogen) atoms. The van der Waals surface area contributed by atoms with E-state index in [4.69, 9.17) is 34.4 Å². The van der Waals surface area contributed by atoms with Gasteiger partial charge in [-0.3, -0.25) is 24.1 Å². The van der Waals surface area contributed by atoms with Crippen LogP contribution in [-0.2, 0) is 24.8 Å². The number of carbonyl (C=O) groups is 3. The molecule has 2 rings (SSSR count). The minimum absolute atomic E-state index is 0.131. The predicted molar refractivity (Wildman–Crippen MR) is 108 cm³/mol. The van der Waals surface area contributed by atoms with Gasteiger partial charge in [-0.25, -0.2) is 4.79 Å². The summed E-state index contributed by atoms with van der Waals surface area (Å²) in [7, 11) is -4.67. The lowest BCUT2D eigenvalue weighted by molar-refractivity contribution is -0.152. The molecule has 15 heteroatoms. The number of hydrogen-bond acceptors (Lipinski definition) is 7. The average molecular weight is 467 g/mol. The number of nitrogens with one attached hydrogen (secondary N) is 2. The molecule has 0 aliphatic carbocycles. The number of carbonyl (C=O) groups excluding carboxylic acids is 2. The molecule has 0 unspecified atom stereocenters. The Hall–Kier alpha value is -2.49. The zero-order chi connectivity index (χ0) is 23.8. The van der Waals surface area contributed by atoms with Crippen molar-refractivity contribution in [1.29, 1.82) is 5.41 Å². The van der Waals surface area contributed by atoms with E-state index < -0.39 is 34.5 Å². The van der Waals surface area contributed by atoms with Crippen LogP contribution < -0.4 is 16.8 Å². The van der Waals surface area contributed by atoms with Gasteiger partial charge < -0.3 is 31.7 Å².